The quantitative estimate of drug-likeness (QED) is 0.0379. The van der Waals surface area contributed by atoms with E-state index in [9.17, 15) is 17.6 Å². The van der Waals surface area contributed by atoms with E-state index in [4.69, 9.17) is 4.74 Å². The summed E-state index contributed by atoms with van der Waals surface area (Å²) in [6.45, 7) is 2.00. The zero-order valence-electron chi connectivity index (χ0n) is 61.2. The smallest absolute Gasteiger partial charge is 0.140 e. The van der Waals surface area contributed by atoms with Crippen LogP contribution in [0.2, 0.25) is 0 Å². The maximum Gasteiger partial charge on any atom is 0.140 e. The number of halogens is 6. The monoisotopic (exact) mass is 1770 g/mol. The van der Waals surface area contributed by atoms with Crippen LogP contribution in [0.3, 0.4) is 0 Å². The van der Waals surface area contributed by atoms with Gasteiger partial charge in [-0.1, -0.05) is 376 Å². The molecule has 0 amide bonds. The van der Waals surface area contributed by atoms with Crippen LogP contribution < -0.4 is 63.7 Å². The van der Waals surface area contributed by atoms with E-state index in [0.29, 0.717) is 11.3 Å². The Morgan fingerprint density at radius 2 is 0.464 bits per heavy atom. The van der Waals surface area contributed by atoms with Gasteiger partial charge in [-0.05, 0) is 189 Å². The van der Waals surface area contributed by atoms with Crippen molar-refractivity contribution in [2.24, 2.45) is 0 Å². The van der Waals surface area contributed by atoms with Gasteiger partial charge in [-0.3, -0.25) is 4.98 Å². The Hall–Kier alpha value is -9.60. The number of pyridine rings is 2. The maximum atomic E-state index is 13.3. The summed E-state index contributed by atoms with van der Waals surface area (Å²) >= 11 is 6.09. The summed E-state index contributed by atoms with van der Waals surface area (Å²) in [5.74, 6) is -2.31. The predicted octanol–water partition coefficient (Wildman–Crippen LogP) is 22.2. The largest absolute Gasteiger partial charge is 0.381 e. The maximum absolute atomic E-state index is 13.3. The summed E-state index contributed by atoms with van der Waals surface area (Å²) in [7, 11) is -1.78. The van der Waals surface area contributed by atoms with Crippen molar-refractivity contribution in [3.05, 3.63) is 482 Å². The second kappa shape index (κ2) is 49.7. The number of hydrogen-bond acceptors (Lipinski definition) is 3. The van der Waals surface area contributed by atoms with Gasteiger partial charge in [0.05, 0.1) is 10.2 Å². The molecule has 0 aliphatic carbocycles. The molecule has 0 radical (unpaired) electrons. The molecule has 112 heavy (non-hydrogen) atoms. The number of ether oxygens (including phenoxy) is 1. The summed E-state index contributed by atoms with van der Waals surface area (Å²) in [5, 5.41) is 16.8. The van der Waals surface area contributed by atoms with E-state index in [1.54, 1.807) is 30.6 Å². The van der Waals surface area contributed by atoms with E-state index in [0.717, 1.165) is 29.9 Å². The molecule has 3 heterocycles. The van der Waals surface area contributed by atoms with Crippen LogP contribution in [0, 0.1) is 23.3 Å². The number of nitrogens with zero attached hydrogens (tertiary/aromatic N) is 2. The number of aromatic nitrogens is 2. The fraction of sp³-hybridized carbons (Fsp3) is 0.0408. The molecule has 0 bridgehead atoms. The van der Waals surface area contributed by atoms with Gasteiger partial charge in [-0.2, -0.15) is 0 Å². The van der Waals surface area contributed by atoms with Crippen molar-refractivity contribution in [1.82, 2.24) is 9.97 Å². The van der Waals surface area contributed by atoms with E-state index in [1.165, 1.54) is 101 Å². The third-order valence-corrected chi connectivity index (χ3v) is 27.3. The number of benzene rings is 14. The Morgan fingerprint density at radius 3 is 0.634 bits per heavy atom. The SMILES string of the molecule is Brc1ccccn1.C1CCOC1.Fc1ccc(-c2ccccn2)c(F)c1.Fc1ccc(Br)c(F)c1.[Pd].c1ccc(P(c2ccccc2)c2ccccc2)cc1.c1ccc(P(c2ccccc2)c2ccccc2)cc1.c1ccc(P(c2ccccc2)c2ccccc2)cc1.c1ccc(P(c2ccccc2)c2ccccc2)cc1. The molecule has 0 N–H and O–H groups in total. The molecule has 3 nitrogen and oxygen atoms in total. The Kier molecular flexibility index (Phi) is 38.3. The van der Waals surface area contributed by atoms with E-state index >= 15 is 0 Å². The zero-order valence-corrected chi connectivity index (χ0v) is 69.5. The second-order valence-electron chi connectivity index (χ2n) is 24.2. The molecule has 1 saturated heterocycles. The van der Waals surface area contributed by atoms with Crippen LogP contribution in [0.4, 0.5) is 17.6 Å². The van der Waals surface area contributed by atoms with Gasteiger partial charge in [-0.15, -0.1) is 0 Å². The normalized spacial score (nSPS) is 10.8. The first-order chi connectivity index (χ1) is 54.7. The molecule has 17 rings (SSSR count). The van der Waals surface area contributed by atoms with Gasteiger partial charge in [0.2, 0.25) is 0 Å². The van der Waals surface area contributed by atoms with Gasteiger partial charge >= 0.3 is 0 Å². The molecule has 0 unspecified atom stereocenters. The van der Waals surface area contributed by atoms with E-state index in [2.05, 4.69) is 406 Å². The predicted molar refractivity (Wildman–Crippen MR) is 476 cm³/mol. The average molecular weight is 1770 g/mol. The summed E-state index contributed by atoms with van der Waals surface area (Å²) in [4.78, 5) is 7.87. The van der Waals surface area contributed by atoms with Gasteiger partial charge in [0.25, 0.3) is 0 Å². The summed E-state index contributed by atoms with van der Waals surface area (Å²) in [6.07, 6.45) is 5.86. The zero-order chi connectivity index (χ0) is 77.1. The summed E-state index contributed by atoms with van der Waals surface area (Å²) in [6, 6.07) is 147. The molecule has 1 aliphatic rings. The number of hydrogen-bond donors (Lipinski definition) is 0. The minimum absolute atomic E-state index is 0. The Morgan fingerprint density at radius 1 is 0.241 bits per heavy atom. The molecule has 14 aromatic carbocycles. The standard InChI is InChI=1S/4C18H15P.C11H7F2N.C6H3BrF2.C5H4BrN.C4H8O.Pd/c4*1-4-10-16(11-5-1)19(17-12-6-2-7-13-17)18-14-8-3-9-15-18;12-8-4-5-9(10(13)7-8)11-3-1-2-6-14-11;7-5-2-1-4(8)3-6(5)9;6-5-3-1-2-4-7-5;1-2-4-5-3-1;/h4*1-15H;1-7H;1-3H;1-4H;1-4H2;. The molecule has 0 saturated carbocycles. The molecule has 14 heteroatoms. The van der Waals surface area contributed by atoms with Gasteiger partial charge in [0.15, 0.2) is 0 Å². The minimum atomic E-state index is -0.594. The Bertz CT molecular complexity index is 4300. The molecule has 0 spiro atoms. The van der Waals surface area contributed by atoms with Crippen molar-refractivity contribution in [3.8, 4) is 11.3 Å². The van der Waals surface area contributed by atoms with Gasteiger partial charge in [0.1, 0.15) is 27.9 Å². The number of rotatable bonds is 13. The fourth-order valence-electron chi connectivity index (χ4n) is 11.3. The summed E-state index contributed by atoms with van der Waals surface area (Å²) < 4.78 is 56.3. The molecule has 562 valence electrons. The van der Waals surface area contributed by atoms with Crippen LogP contribution in [0.25, 0.3) is 11.3 Å². The summed E-state index contributed by atoms with van der Waals surface area (Å²) in [5.41, 5.74) is 0.817. The van der Waals surface area contributed by atoms with E-state index in [-0.39, 0.29) is 24.9 Å². The fourth-order valence-corrected chi connectivity index (χ4v) is 21.0. The molecular weight excluding hydrogens is 1690 g/mol. The Balaban J connectivity index is 0.000000151. The second-order valence-corrected chi connectivity index (χ2v) is 34.8. The molecule has 1 fully saturated rings. The van der Waals surface area contributed by atoms with Crippen molar-refractivity contribution in [2.75, 3.05) is 13.2 Å². The van der Waals surface area contributed by atoms with Crippen molar-refractivity contribution in [2.45, 2.75) is 12.8 Å². The van der Waals surface area contributed by atoms with E-state index < -0.39 is 55.0 Å². The van der Waals surface area contributed by atoms with Crippen molar-refractivity contribution in [3.63, 3.8) is 0 Å². The van der Waals surface area contributed by atoms with Crippen LogP contribution in [-0.2, 0) is 25.2 Å². The molecule has 16 aromatic rings. The van der Waals surface area contributed by atoms with Crippen molar-refractivity contribution in [1.29, 1.82) is 0 Å². The van der Waals surface area contributed by atoms with Crippen LogP contribution in [0.5, 0.6) is 0 Å². The topological polar surface area (TPSA) is 35.0 Å². The Labute approximate surface area is 693 Å². The van der Waals surface area contributed by atoms with Crippen molar-refractivity contribution >= 4 is 127 Å². The third kappa shape index (κ3) is 28.9. The average Bonchev–Trinajstić information content (AvgIpc) is 0.870. The molecular formula is C98H82Br2F4N2OP4Pd. The van der Waals surface area contributed by atoms with Gasteiger partial charge in [0, 0.05) is 63.7 Å². The van der Waals surface area contributed by atoms with Crippen LogP contribution in [0.15, 0.2) is 458 Å². The first-order valence-electron chi connectivity index (χ1n) is 36.1. The van der Waals surface area contributed by atoms with Crippen molar-refractivity contribution < 1.29 is 42.7 Å². The molecule has 1 aliphatic heterocycles. The van der Waals surface area contributed by atoms with Crippen LogP contribution >= 0.6 is 63.5 Å². The van der Waals surface area contributed by atoms with Crippen LogP contribution in [-0.4, -0.2) is 23.2 Å². The molecule has 2 aromatic heterocycles. The van der Waals surface area contributed by atoms with E-state index in [1.807, 2.05) is 18.2 Å². The molecule has 0 atom stereocenters. The van der Waals surface area contributed by atoms with Gasteiger partial charge < -0.3 is 4.74 Å². The third-order valence-electron chi connectivity index (χ3n) is 16.4. The minimum Gasteiger partial charge on any atom is -0.381 e. The van der Waals surface area contributed by atoms with Gasteiger partial charge in [-0.25, -0.2) is 22.5 Å². The van der Waals surface area contributed by atoms with Crippen LogP contribution in [0.1, 0.15) is 12.8 Å². The first kappa shape index (κ1) is 86.4. The first-order valence-corrected chi connectivity index (χ1v) is 43.0.